The topological polar surface area (TPSA) is 38.9 Å². The maximum Gasteiger partial charge on any atom is 0.0600 e. The van der Waals surface area contributed by atoms with Gasteiger partial charge in [0.2, 0.25) is 0 Å². The number of aromatic nitrogens is 1. The molecule has 1 heterocycles. The van der Waals surface area contributed by atoms with Gasteiger partial charge in [-0.15, -0.1) is 0 Å². The van der Waals surface area contributed by atoms with E-state index in [0.29, 0.717) is 0 Å². The first-order valence-electron chi connectivity index (χ1n) is 6.48. The van der Waals surface area contributed by atoms with Gasteiger partial charge in [-0.1, -0.05) is 36.4 Å². The predicted molar refractivity (Wildman–Crippen MR) is 75.3 cm³/mol. The lowest BCUT2D eigenvalue weighted by Gasteiger charge is -2.13. The van der Waals surface area contributed by atoms with Gasteiger partial charge in [-0.3, -0.25) is 4.98 Å². The molecule has 2 rings (SSSR count). The van der Waals surface area contributed by atoms with Gasteiger partial charge >= 0.3 is 0 Å². The summed E-state index contributed by atoms with van der Waals surface area (Å²) in [6.07, 6.45) is 4.98. The Labute approximate surface area is 109 Å². The third-order valence-corrected chi connectivity index (χ3v) is 3.22. The average Bonchev–Trinajstić information content (AvgIpc) is 2.40. The molecule has 2 aromatic rings. The van der Waals surface area contributed by atoms with E-state index in [9.17, 15) is 0 Å². The third-order valence-electron chi connectivity index (χ3n) is 3.22. The molecule has 0 aliphatic rings. The van der Waals surface area contributed by atoms with E-state index in [4.69, 9.17) is 5.73 Å². The first-order chi connectivity index (χ1) is 8.77. The molecule has 0 aliphatic heterocycles. The zero-order chi connectivity index (χ0) is 12.8. The van der Waals surface area contributed by atoms with Crippen molar-refractivity contribution in [3.63, 3.8) is 0 Å². The third kappa shape index (κ3) is 3.41. The Bertz CT molecular complexity index is 479. The molecule has 1 aromatic carbocycles. The Morgan fingerprint density at radius 2 is 1.89 bits per heavy atom. The Hall–Kier alpha value is -1.67. The summed E-state index contributed by atoms with van der Waals surface area (Å²) in [7, 11) is 0. The molecule has 0 saturated carbocycles. The van der Waals surface area contributed by atoms with Crippen LogP contribution in [0.25, 0.3) is 0 Å². The van der Waals surface area contributed by atoms with E-state index in [2.05, 4.69) is 42.2 Å². The van der Waals surface area contributed by atoms with Crippen LogP contribution < -0.4 is 5.73 Å². The summed E-state index contributed by atoms with van der Waals surface area (Å²) in [6.45, 7) is 2.07. The zero-order valence-corrected chi connectivity index (χ0v) is 10.8. The first-order valence-corrected chi connectivity index (χ1v) is 6.48. The van der Waals surface area contributed by atoms with Crippen LogP contribution >= 0.6 is 0 Å². The van der Waals surface area contributed by atoms with Gasteiger partial charge < -0.3 is 5.73 Å². The highest BCUT2D eigenvalue weighted by Gasteiger charge is 2.09. The SMILES string of the molecule is Cc1cccnc1C(N)CCCc1ccccc1. The van der Waals surface area contributed by atoms with Crippen molar-refractivity contribution in [3.05, 3.63) is 65.5 Å². The van der Waals surface area contributed by atoms with E-state index in [-0.39, 0.29) is 6.04 Å². The summed E-state index contributed by atoms with van der Waals surface area (Å²) in [4.78, 5) is 4.38. The lowest BCUT2D eigenvalue weighted by atomic mass is 10.0. The monoisotopic (exact) mass is 240 g/mol. The maximum atomic E-state index is 6.20. The predicted octanol–water partition coefficient (Wildman–Crippen LogP) is 3.41. The number of benzene rings is 1. The van der Waals surface area contributed by atoms with Crippen LogP contribution in [0.5, 0.6) is 0 Å². The van der Waals surface area contributed by atoms with Crippen LogP contribution in [0.15, 0.2) is 48.7 Å². The van der Waals surface area contributed by atoms with Gasteiger partial charge in [0.1, 0.15) is 0 Å². The molecule has 0 radical (unpaired) electrons. The standard InChI is InChI=1S/C16H20N2/c1-13-7-6-12-18-16(13)15(17)11-5-10-14-8-3-2-4-9-14/h2-4,6-9,12,15H,5,10-11,17H2,1H3. The molecule has 0 spiro atoms. The number of hydrogen-bond acceptors (Lipinski definition) is 2. The normalized spacial score (nSPS) is 12.3. The van der Waals surface area contributed by atoms with E-state index in [1.54, 1.807) is 0 Å². The molecule has 0 saturated heterocycles. The van der Waals surface area contributed by atoms with Gasteiger partial charge in [0.15, 0.2) is 0 Å². The van der Waals surface area contributed by atoms with Crippen LogP contribution in [0.4, 0.5) is 0 Å². The largest absolute Gasteiger partial charge is 0.323 e. The Kier molecular flexibility index (Phi) is 4.48. The van der Waals surface area contributed by atoms with Gasteiger partial charge in [0.05, 0.1) is 5.69 Å². The molecule has 18 heavy (non-hydrogen) atoms. The van der Waals surface area contributed by atoms with Gasteiger partial charge in [-0.2, -0.15) is 0 Å². The number of nitrogens with two attached hydrogens (primary N) is 1. The van der Waals surface area contributed by atoms with Crippen molar-refractivity contribution in [3.8, 4) is 0 Å². The minimum Gasteiger partial charge on any atom is -0.323 e. The van der Waals surface area contributed by atoms with Gasteiger partial charge in [-0.05, 0) is 43.4 Å². The molecule has 2 heteroatoms. The second-order valence-corrected chi connectivity index (χ2v) is 4.69. The highest BCUT2D eigenvalue weighted by Crippen LogP contribution is 2.18. The molecule has 1 unspecified atom stereocenters. The number of pyridine rings is 1. The first kappa shape index (κ1) is 12.8. The van der Waals surface area contributed by atoms with E-state index < -0.39 is 0 Å². The molecule has 0 fully saturated rings. The lowest BCUT2D eigenvalue weighted by molar-refractivity contribution is 0.594. The highest BCUT2D eigenvalue weighted by atomic mass is 14.8. The van der Waals surface area contributed by atoms with Crippen LogP contribution in [0, 0.1) is 6.92 Å². The van der Waals surface area contributed by atoms with Crippen LogP contribution in [-0.4, -0.2) is 4.98 Å². The summed E-state index contributed by atoms with van der Waals surface area (Å²) < 4.78 is 0. The molecule has 1 atom stereocenters. The molecule has 94 valence electrons. The van der Waals surface area contributed by atoms with Crippen LogP contribution in [0.3, 0.4) is 0 Å². The van der Waals surface area contributed by atoms with Crippen LogP contribution in [0.1, 0.15) is 35.7 Å². The fraction of sp³-hybridized carbons (Fsp3) is 0.312. The molecule has 1 aromatic heterocycles. The molecule has 0 amide bonds. The lowest BCUT2D eigenvalue weighted by Crippen LogP contribution is -2.13. The van der Waals surface area contributed by atoms with Crippen molar-refractivity contribution in [2.75, 3.05) is 0 Å². The van der Waals surface area contributed by atoms with Crippen molar-refractivity contribution in [1.29, 1.82) is 0 Å². The van der Waals surface area contributed by atoms with E-state index in [1.165, 1.54) is 11.1 Å². The van der Waals surface area contributed by atoms with Crippen molar-refractivity contribution in [2.24, 2.45) is 5.73 Å². The zero-order valence-electron chi connectivity index (χ0n) is 10.8. The minimum absolute atomic E-state index is 0.0508. The van der Waals surface area contributed by atoms with Gasteiger partial charge in [0, 0.05) is 12.2 Å². The summed E-state index contributed by atoms with van der Waals surface area (Å²) >= 11 is 0. The molecular formula is C16H20N2. The fourth-order valence-electron chi connectivity index (χ4n) is 2.19. The summed E-state index contributed by atoms with van der Waals surface area (Å²) in [5.41, 5.74) is 9.79. The average molecular weight is 240 g/mol. The van der Waals surface area contributed by atoms with Crippen molar-refractivity contribution >= 4 is 0 Å². The van der Waals surface area contributed by atoms with Crippen molar-refractivity contribution < 1.29 is 0 Å². The maximum absolute atomic E-state index is 6.20. The Morgan fingerprint density at radius 1 is 1.11 bits per heavy atom. The number of rotatable bonds is 5. The van der Waals surface area contributed by atoms with Crippen LogP contribution in [-0.2, 0) is 6.42 Å². The summed E-state index contributed by atoms with van der Waals surface area (Å²) in [5.74, 6) is 0. The van der Waals surface area contributed by atoms with Crippen molar-refractivity contribution in [1.82, 2.24) is 4.98 Å². The second-order valence-electron chi connectivity index (χ2n) is 4.69. The van der Waals surface area contributed by atoms with Crippen molar-refractivity contribution in [2.45, 2.75) is 32.2 Å². The molecule has 0 aliphatic carbocycles. The smallest absolute Gasteiger partial charge is 0.0600 e. The fourth-order valence-corrected chi connectivity index (χ4v) is 2.19. The number of nitrogens with zero attached hydrogens (tertiary/aromatic N) is 1. The van der Waals surface area contributed by atoms with E-state index >= 15 is 0 Å². The number of aryl methyl sites for hydroxylation is 2. The Morgan fingerprint density at radius 3 is 2.61 bits per heavy atom. The molecule has 2 N–H and O–H groups in total. The molecule has 2 nitrogen and oxygen atoms in total. The Balaban J connectivity index is 1.86. The minimum atomic E-state index is 0.0508. The second kappa shape index (κ2) is 6.31. The highest BCUT2D eigenvalue weighted by molar-refractivity contribution is 5.20. The summed E-state index contributed by atoms with van der Waals surface area (Å²) in [5, 5.41) is 0. The number of hydrogen-bond donors (Lipinski definition) is 1. The molecule has 0 bridgehead atoms. The van der Waals surface area contributed by atoms with E-state index in [1.807, 2.05) is 18.3 Å². The van der Waals surface area contributed by atoms with Gasteiger partial charge in [-0.25, -0.2) is 0 Å². The summed E-state index contributed by atoms with van der Waals surface area (Å²) in [6, 6.07) is 14.6. The molecular weight excluding hydrogens is 220 g/mol. The quantitative estimate of drug-likeness (QED) is 0.869. The van der Waals surface area contributed by atoms with Gasteiger partial charge in [0.25, 0.3) is 0 Å². The van der Waals surface area contributed by atoms with Crippen LogP contribution in [0.2, 0.25) is 0 Å². The van der Waals surface area contributed by atoms with E-state index in [0.717, 1.165) is 25.0 Å².